The molecule has 0 spiro atoms. The van der Waals surface area contributed by atoms with E-state index in [4.69, 9.17) is 11.6 Å². The lowest BCUT2D eigenvalue weighted by molar-refractivity contribution is 0.639. The summed E-state index contributed by atoms with van der Waals surface area (Å²) in [6, 6.07) is 0.767. The van der Waals surface area contributed by atoms with Gasteiger partial charge in [0.1, 0.15) is 0 Å². The molecule has 1 saturated carbocycles. The Hall–Kier alpha value is -0.540. The summed E-state index contributed by atoms with van der Waals surface area (Å²) < 4.78 is 1.88. The monoisotopic (exact) mass is 213 g/mol. The van der Waals surface area contributed by atoms with Crippen molar-refractivity contribution in [2.75, 3.05) is 6.54 Å². The molecule has 1 heterocycles. The molecule has 0 radical (unpaired) electrons. The minimum atomic E-state index is 0.767. The quantitative estimate of drug-likeness (QED) is 0.825. The summed E-state index contributed by atoms with van der Waals surface area (Å²) in [7, 11) is 1.95. The minimum Gasteiger partial charge on any atom is -0.314 e. The Morgan fingerprint density at radius 1 is 1.57 bits per heavy atom. The number of nitrogens with zero attached hydrogens (tertiary/aromatic N) is 2. The lowest BCUT2D eigenvalue weighted by Crippen LogP contribution is -2.20. The molecule has 3 nitrogen and oxygen atoms in total. The largest absolute Gasteiger partial charge is 0.314 e. The van der Waals surface area contributed by atoms with Crippen LogP contribution in [0.4, 0.5) is 0 Å². The van der Waals surface area contributed by atoms with E-state index in [1.807, 2.05) is 18.7 Å². The third-order valence-electron chi connectivity index (χ3n) is 2.63. The summed E-state index contributed by atoms with van der Waals surface area (Å²) in [6.45, 7) is 2.95. The molecule has 0 aromatic carbocycles. The van der Waals surface area contributed by atoms with Gasteiger partial charge in [0.15, 0.2) is 0 Å². The first-order valence-electron chi connectivity index (χ1n) is 5.10. The Kier molecular flexibility index (Phi) is 2.79. The normalized spacial score (nSPS) is 16.2. The summed E-state index contributed by atoms with van der Waals surface area (Å²) in [5.74, 6) is 0. The molecule has 0 unspecified atom stereocenters. The molecule has 78 valence electrons. The molecule has 1 aliphatic rings. The summed E-state index contributed by atoms with van der Waals surface area (Å²) in [5, 5.41) is 8.57. The van der Waals surface area contributed by atoms with Gasteiger partial charge in [-0.2, -0.15) is 5.10 Å². The molecule has 0 aliphatic heterocycles. The Morgan fingerprint density at radius 2 is 2.29 bits per heavy atom. The molecule has 0 atom stereocenters. The molecule has 1 aromatic heterocycles. The molecule has 1 N–H and O–H groups in total. The average Bonchev–Trinajstić information content (AvgIpc) is 2.90. The van der Waals surface area contributed by atoms with Gasteiger partial charge in [0.2, 0.25) is 0 Å². The lowest BCUT2D eigenvalue weighted by atomic mass is 10.3. The average molecular weight is 214 g/mol. The van der Waals surface area contributed by atoms with Gasteiger partial charge in [0.05, 0.1) is 16.4 Å². The van der Waals surface area contributed by atoms with Crippen LogP contribution >= 0.6 is 11.6 Å². The number of hydrogen-bond donors (Lipinski definition) is 1. The molecule has 1 fully saturated rings. The van der Waals surface area contributed by atoms with Gasteiger partial charge in [-0.25, -0.2) is 0 Å². The van der Waals surface area contributed by atoms with Gasteiger partial charge in [-0.3, -0.25) is 4.68 Å². The van der Waals surface area contributed by atoms with Crippen LogP contribution in [0.5, 0.6) is 0 Å². The molecule has 2 rings (SSSR count). The maximum atomic E-state index is 6.13. The topological polar surface area (TPSA) is 29.9 Å². The zero-order valence-electron chi connectivity index (χ0n) is 8.68. The third kappa shape index (κ3) is 2.10. The number of hydrogen-bond acceptors (Lipinski definition) is 2. The standard InChI is InChI=1S/C10H16ClN3/c1-7-10(11)9(14(2)13-7)5-6-12-8-3-4-8/h8,12H,3-6H2,1-2H3. The second kappa shape index (κ2) is 3.91. The van der Waals surface area contributed by atoms with Crippen molar-refractivity contribution < 1.29 is 0 Å². The van der Waals surface area contributed by atoms with E-state index in [1.165, 1.54) is 12.8 Å². The van der Waals surface area contributed by atoms with Gasteiger partial charge in [-0.15, -0.1) is 0 Å². The molecular weight excluding hydrogens is 198 g/mol. The minimum absolute atomic E-state index is 0.767. The highest BCUT2D eigenvalue weighted by atomic mass is 35.5. The maximum Gasteiger partial charge on any atom is 0.0847 e. The smallest absolute Gasteiger partial charge is 0.0847 e. The summed E-state index contributed by atoms with van der Waals surface area (Å²) in [4.78, 5) is 0. The molecule has 1 aliphatic carbocycles. The third-order valence-corrected chi connectivity index (χ3v) is 3.13. The highest BCUT2D eigenvalue weighted by Crippen LogP contribution is 2.21. The van der Waals surface area contributed by atoms with E-state index < -0.39 is 0 Å². The highest BCUT2D eigenvalue weighted by Gasteiger charge is 2.20. The first kappa shape index (κ1) is 9.99. The zero-order valence-corrected chi connectivity index (χ0v) is 9.43. The van der Waals surface area contributed by atoms with Crippen molar-refractivity contribution in [1.82, 2.24) is 15.1 Å². The van der Waals surface area contributed by atoms with Crippen LogP contribution < -0.4 is 5.32 Å². The van der Waals surface area contributed by atoms with Crippen molar-refractivity contribution in [3.8, 4) is 0 Å². The molecular formula is C10H16ClN3. The van der Waals surface area contributed by atoms with Crippen LogP contribution in [-0.2, 0) is 13.5 Å². The van der Waals surface area contributed by atoms with E-state index in [0.717, 1.165) is 35.4 Å². The van der Waals surface area contributed by atoms with Crippen molar-refractivity contribution in [2.24, 2.45) is 7.05 Å². The SMILES string of the molecule is Cc1nn(C)c(CCNC2CC2)c1Cl. The van der Waals surface area contributed by atoms with Gasteiger partial charge < -0.3 is 5.32 Å². The van der Waals surface area contributed by atoms with Crippen LogP contribution in [-0.4, -0.2) is 22.4 Å². The van der Waals surface area contributed by atoms with E-state index in [0.29, 0.717) is 0 Å². The van der Waals surface area contributed by atoms with Gasteiger partial charge in [0, 0.05) is 26.1 Å². The van der Waals surface area contributed by atoms with Gasteiger partial charge in [-0.1, -0.05) is 11.6 Å². The summed E-state index contributed by atoms with van der Waals surface area (Å²) in [6.07, 6.45) is 3.63. The number of aromatic nitrogens is 2. The van der Waals surface area contributed by atoms with Crippen molar-refractivity contribution in [3.63, 3.8) is 0 Å². The Morgan fingerprint density at radius 3 is 2.79 bits per heavy atom. The van der Waals surface area contributed by atoms with Gasteiger partial charge >= 0.3 is 0 Å². The molecule has 0 saturated heterocycles. The van der Waals surface area contributed by atoms with Crippen LogP contribution in [0.1, 0.15) is 24.2 Å². The fourth-order valence-corrected chi connectivity index (χ4v) is 1.89. The summed E-state index contributed by atoms with van der Waals surface area (Å²) in [5.41, 5.74) is 2.06. The molecule has 1 aromatic rings. The second-order valence-electron chi connectivity index (χ2n) is 3.95. The number of rotatable bonds is 4. The van der Waals surface area contributed by atoms with Gasteiger partial charge in [0.25, 0.3) is 0 Å². The molecule has 14 heavy (non-hydrogen) atoms. The van der Waals surface area contributed by atoms with E-state index in [-0.39, 0.29) is 0 Å². The zero-order chi connectivity index (χ0) is 10.1. The number of aryl methyl sites for hydroxylation is 2. The van der Waals surface area contributed by atoms with Crippen molar-refractivity contribution in [1.29, 1.82) is 0 Å². The Bertz CT molecular complexity index is 328. The second-order valence-corrected chi connectivity index (χ2v) is 4.33. The van der Waals surface area contributed by atoms with Crippen LogP contribution in [0.15, 0.2) is 0 Å². The number of nitrogens with one attached hydrogen (secondary N) is 1. The van der Waals surface area contributed by atoms with Crippen LogP contribution in [0.3, 0.4) is 0 Å². The molecule has 4 heteroatoms. The van der Waals surface area contributed by atoms with E-state index in [1.54, 1.807) is 0 Å². The maximum absolute atomic E-state index is 6.13. The van der Waals surface area contributed by atoms with Crippen molar-refractivity contribution >= 4 is 11.6 Å². The molecule has 0 bridgehead atoms. The van der Waals surface area contributed by atoms with E-state index in [2.05, 4.69) is 10.4 Å². The Balaban J connectivity index is 1.93. The lowest BCUT2D eigenvalue weighted by Gasteiger charge is -2.03. The summed E-state index contributed by atoms with van der Waals surface area (Å²) >= 11 is 6.13. The Labute approximate surface area is 89.4 Å². The predicted octanol–water partition coefficient (Wildman–Crippen LogP) is 1.68. The predicted molar refractivity (Wildman–Crippen MR) is 57.7 cm³/mol. The highest BCUT2D eigenvalue weighted by molar-refractivity contribution is 6.31. The van der Waals surface area contributed by atoms with Crippen LogP contribution in [0.25, 0.3) is 0 Å². The number of halogens is 1. The first-order chi connectivity index (χ1) is 6.68. The van der Waals surface area contributed by atoms with E-state index >= 15 is 0 Å². The van der Waals surface area contributed by atoms with Gasteiger partial charge in [-0.05, 0) is 19.8 Å². The molecule has 0 amide bonds. The first-order valence-corrected chi connectivity index (χ1v) is 5.47. The van der Waals surface area contributed by atoms with Crippen molar-refractivity contribution in [2.45, 2.75) is 32.2 Å². The van der Waals surface area contributed by atoms with E-state index in [9.17, 15) is 0 Å². The fourth-order valence-electron chi connectivity index (χ4n) is 1.63. The van der Waals surface area contributed by atoms with Crippen LogP contribution in [0.2, 0.25) is 5.02 Å². The van der Waals surface area contributed by atoms with Crippen molar-refractivity contribution in [3.05, 3.63) is 16.4 Å². The van der Waals surface area contributed by atoms with Crippen LogP contribution in [0, 0.1) is 6.92 Å². The fraction of sp³-hybridized carbons (Fsp3) is 0.700.